The molecule has 0 saturated heterocycles. The second-order valence-electron chi connectivity index (χ2n) is 10.6. The van der Waals surface area contributed by atoms with E-state index in [2.05, 4.69) is 19.9 Å². The maximum absolute atomic E-state index is 13.0. The molecule has 4 aliphatic rings. The fraction of sp³-hybridized carbons (Fsp3) is 0.556. The van der Waals surface area contributed by atoms with Crippen LogP contribution in [-0.2, 0) is 4.79 Å². The van der Waals surface area contributed by atoms with Gasteiger partial charge in [0.1, 0.15) is 0 Å². The molecular formula is C27H32O3. The summed E-state index contributed by atoms with van der Waals surface area (Å²) in [4.78, 5) is 24.9. The predicted molar refractivity (Wildman–Crippen MR) is 117 cm³/mol. The topological polar surface area (TPSA) is 54.4 Å². The zero-order valence-corrected chi connectivity index (χ0v) is 18.1. The molecule has 0 spiro atoms. The van der Waals surface area contributed by atoms with E-state index in [1.165, 1.54) is 5.57 Å². The third-order valence-corrected chi connectivity index (χ3v) is 9.43. The van der Waals surface area contributed by atoms with Gasteiger partial charge in [0.15, 0.2) is 11.6 Å². The van der Waals surface area contributed by atoms with Gasteiger partial charge in [-0.2, -0.15) is 0 Å². The Morgan fingerprint density at radius 3 is 2.57 bits per heavy atom. The van der Waals surface area contributed by atoms with Gasteiger partial charge in [-0.1, -0.05) is 55.8 Å². The van der Waals surface area contributed by atoms with Crippen LogP contribution in [0.4, 0.5) is 0 Å². The molecule has 3 saturated carbocycles. The summed E-state index contributed by atoms with van der Waals surface area (Å²) in [6, 6.07) is 9.39. The number of Topliss-reactive ketones (excluding diaryl/α,β-unsaturated/α-hetero) is 1. The molecule has 4 aliphatic carbocycles. The van der Waals surface area contributed by atoms with Crippen molar-refractivity contribution < 1.29 is 14.7 Å². The fourth-order valence-corrected chi connectivity index (χ4v) is 7.59. The molecule has 0 unspecified atom stereocenters. The fourth-order valence-electron chi connectivity index (χ4n) is 7.59. The van der Waals surface area contributed by atoms with E-state index in [9.17, 15) is 14.7 Å². The number of carbonyl (C=O) groups excluding carboxylic acids is 2. The van der Waals surface area contributed by atoms with Crippen molar-refractivity contribution in [3.63, 3.8) is 0 Å². The van der Waals surface area contributed by atoms with Gasteiger partial charge in [0, 0.05) is 17.4 Å². The van der Waals surface area contributed by atoms with Gasteiger partial charge >= 0.3 is 0 Å². The van der Waals surface area contributed by atoms with Crippen LogP contribution in [0, 0.1) is 28.6 Å². The number of hydrogen-bond donors (Lipinski definition) is 1. The van der Waals surface area contributed by atoms with Gasteiger partial charge in [-0.3, -0.25) is 9.59 Å². The molecule has 0 bridgehead atoms. The van der Waals surface area contributed by atoms with E-state index in [1.54, 1.807) is 6.08 Å². The van der Waals surface area contributed by atoms with Gasteiger partial charge in [-0.25, -0.2) is 0 Å². The highest BCUT2D eigenvalue weighted by molar-refractivity contribution is 6.01. The first-order valence-electron chi connectivity index (χ1n) is 11.5. The Morgan fingerprint density at radius 1 is 1.07 bits per heavy atom. The van der Waals surface area contributed by atoms with Crippen molar-refractivity contribution in [1.29, 1.82) is 0 Å². The van der Waals surface area contributed by atoms with Crippen LogP contribution in [0.5, 0.6) is 0 Å². The Bertz CT molecular complexity index is 944. The summed E-state index contributed by atoms with van der Waals surface area (Å²) >= 11 is 0. The van der Waals surface area contributed by atoms with E-state index in [0.29, 0.717) is 29.7 Å². The first-order valence-corrected chi connectivity index (χ1v) is 11.5. The van der Waals surface area contributed by atoms with Crippen molar-refractivity contribution in [2.24, 2.45) is 28.6 Å². The standard InChI is InChI=1S/C27H32O3/c1-25-13-10-20(28)16-19(25)8-9-21-22(25)11-14-26(2)23(21)12-15-27(26,30)17-24(29)18-6-4-3-5-7-18/h3-7,10,13,16,21-23,30H,8-9,11-12,14-15,17H2,1-2H3/t21-,22+,23-,25+,26-,27+/m1/s1. The molecule has 3 nitrogen and oxygen atoms in total. The van der Waals surface area contributed by atoms with Crippen LogP contribution in [0.25, 0.3) is 0 Å². The first-order chi connectivity index (χ1) is 14.3. The van der Waals surface area contributed by atoms with E-state index in [4.69, 9.17) is 0 Å². The van der Waals surface area contributed by atoms with Gasteiger partial charge in [0.2, 0.25) is 0 Å². The predicted octanol–water partition coefficient (Wildman–Crippen LogP) is 5.30. The molecule has 1 aromatic carbocycles. The van der Waals surface area contributed by atoms with E-state index >= 15 is 0 Å². The molecule has 3 heteroatoms. The molecule has 6 atom stereocenters. The average Bonchev–Trinajstić information content (AvgIpc) is 3.00. The molecular weight excluding hydrogens is 372 g/mol. The zero-order valence-electron chi connectivity index (χ0n) is 18.1. The lowest BCUT2D eigenvalue weighted by molar-refractivity contribution is -0.120. The summed E-state index contributed by atoms with van der Waals surface area (Å²) in [5.74, 6) is 1.68. The summed E-state index contributed by atoms with van der Waals surface area (Å²) in [5, 5.41) is 11.8. The highest BCUT2D eigenvalue weighted by atomic mass is 16.3. The van der Waals surface area contributed by atoms with Crippen molar-refractivity contribution in [2.75, 3.05) is 0 Å². The lowest BCUT2D eigenvalue weighted by Crippen LogP contribution is -2.54. The second kappa shape index (κ2) is 6.75. The summed E-state index contributed by atoms with van der Waals surface area (Å²) in [6.45, 7) is 4.55. The summed E-state index contributed by atoms with van der Waals surface area (Å²) in [5.41, 5.74) is 0.824. The third-order valence-electron chi connectivity index (χ3n) is 9.43. The van der Waals surface area contributed by atoms with Crippen molar-refractivity contribution in [1.82, 2.24) is 0 Å². The van der Waals surface area contributed by atoms with Crippen LogP contribution in [0.15, 0.2) is 54.1 Å². The van der Waals surface area contributed by atoms with E-state index in [1.807, 2.05) is 36.4 Å². The monoisotopic (exact) mass is 404 g/mol. The summed E-state index contributed by atoms with van der Waals surface area (Å²) in [6.07, 6.45) is 11.8. The third kappa shape index (κ3) is 2.74. The molecule has 3 fully saturated rings. The van der Waals surface area contributed by atoms with Crippen LogP contribution >= 0.6 is 0 Å². The zero-order chi connectivity index (χ0) is 21.1. The van der Waals surface area contributed by atoms with Gasteiger partial charge in [-0.05, 0) is 73.8 Å². The largest absolute Gasteiger partial charge is 0.389 e. The lowest BCUT2D eigenvalue weighted by Gasteiger charge is -2.58. The molecule has 0 heterocycles. The van der Waals surface area contributed by atoms with Crippen LogP contribution < -0.4 is 0 Å². The molecule has 158 valence electrons. The van der Waals surface area contributed by atoms with Gasteiger partial charge < -0.3 is 5.11 Å². The van der Waals surface area contributed by atoms with Gasteiger partial charge in [-0.15, -0.1) is 0 Å². The van der Waals surface area contributed by atoms with Crippen LogP contribution in [0.2, 0.25) is 0 Å². The minimum Gasteiger partial charge on any atom is -0.389 e. The van der Waals surface area contributed by atoms with Crippen molar-refractivity contribution >= 4 is 11.6 Å². The Balaban J connectivity index is 1.42. The van der Waals surface area contributed by atoms with Gasteiger partial charge in [0.05, 0.1) is 5.60 Å². The summed E-state index contributed by atoms with van der Waals surface area (Å²) < 4.78 is 0. The normalized spacial score (nSPS) is 42.2. The molecule has 0 aliphatic heterocycles. The Kier molecular flexibility index (Phi) is 4.49. The number of allylic oxidation sites excluding steroid dienone is 4. The van der Waals surface area contributed by atoms with Crippen molar-refractivity contribution in [2.45, 2.75) is 64.4 Å². The van der Waals surface area contributed by atoms with Crippen LogP contribution in [-0.4, -0.2) is 22.3 Å². The van der Waals surface area contributed by atoms with E-state index < -0.39 is 5.60 Å². The average molecular weight is 405 g/mol. The summed E-state index contributed by atoms with van der Waals surface area (Å²) in [7, 11) is 0. The molecule has 1 N–H and O–H groups in total. The van der Waals surface area contributed by atoms with Crippen LogP contribution in [0.3, 0.4) is 0 Å². The SMILES string of the molecule is C[C@]12C=CC(=O)C=C1CC[C@H]1[C@H]3CC[C@](O)(CC(=O)c4ccccc4)[C@]3(C)CC[C@@H]12. The number of fused-ring (bicyclic) bond motifs is 5. The molecule has 30 heavy (non-hydrogen) atoms. The second-order valence-corrected chi connectivity index (χ2v) is 10.6. The minimum absolute atomic E-state index is 0.0290. The van der Waals surface area contributed by atoms with E-state index in [-0.39, 0.29) is 28.8 Å². The molecule has 0 aromatic heterocycles. The van der Waals surface area contributed by atoms with E-state index in [0.717, 1.165) is 32.1 Å². The number of rotatable bonds is 3. The number of benzene rings is 1. The van der Waals surface area contributed by atoms with Gasteiger partial charge in [0.25, 0.3) is 0 Å². The number of aliphatic hydroxyl groups is 1. The quantitative estimate of drug-likeness (QED) is 0.696. The molecule has 0 radical (unpaired) electrons. The highest BCUT2D eigenvalue weighted by Crippen LogP contribution is 2.67. The maximum atomic E-state index is 13.0. The maximum Gasteiger partial charge on any atom is 0.178 e. The van der Waals surface area contributed by atoms with Crippen molar-refractivity contribution in [3.8, 4) is 0 Å². The first kappa shape index (κ1) is 19.9. The minimum atomic E-state index is -0.926. The molecule has 0 amide bonds. The number of ketones is 2. The lowest BCUT2D eigenvalue weighted by atomic mass is 9.47. The Morgan fingerprint density at radius 2 is 1.80 bits per heavy atom. The molecule has 1 aromatic rings. The van der Waals surface area contributed by atoms with Crippen molar-refractivity contribution in [3.05, 3.63) is 59.7 Å². The highest BCUT2D eigenvalue weighted by Gasteiger charge is 2.63. The number of hydrogen-bond acceptors (Lipinski definition) is 3. The Labute approximate surface area is 179 Å². The Hall–Kier alpha value is -2.00. The number of carbonyl (C=O) groups is 2. The molecule has 5 rings (SSSR count). The smallest absolute Gasteiger partial charge is 0.178 e. The van der Waals surface area contributed by atoms with Crippen LogP contribution in [0.1, 0.15) is 69.2 Å².